The molecular formula is C18H28N2O2. The van der Waals surface area contributed by atoms with Gasteiger partial charge in [-0.3, -0.25) is 9.69 Å². The van der Waals surface area contributed by atoms with Crippen LogP contribution in [0.2, 0.25) is 0 Å². The minimum absolute atomic E-state index is 0.0406. The Morgan fingerprint density at radius 2 is 1.73 bits per heavy atom. The Labute approximate surface area is 133 Å². The molecular weight excluding hydrogens is 276 g/mol. The first-order valence-corrected chi connectivity index (χ1v) is 8.11. The number of benzene rings is 1. The van der Waals surface area contributed by atoms with E-state index in [2.05, 4.69) is 43.6 Å². The summed E-state index contributed by atoms with van der Waals surface area (Å²) < 4.78 is 0. The van der Waals surface area contributed by atoms with Crippen molar-refractivity contribution in [3.05, 3.63) is 28.8 Å². The maximum Gasteiger partial charge on any atom is 0.153 e. The molecule has 1 saturated heterocycles. The number of carbonyl (C=O) groups excluding carboxylic acids is 1. The van der Waals surface area contributed by atoms with Crippen LogP contribution in [0, 0.1) is 0 Å². The van der Waals surface area contributed by atoms with Gasteiger partial charge >= 0.3 is 0 Å². The lowest BCUT2D eigenvalue weighted by Crippen LogP contribution is -2.45. The molecule has 0 saturated carbocycles. The average molecular weight is 304 g/mol. The molecule has 0 radical (unpaired) electrons. The number of rotatable bonds is 4. The van der Waals surface area contributed by atoms with Gasteiger partial charge in [0.15, 0.2) is 6.29 Å². The zero-order valence-corrected chi connectivity index (χ0v) is 14.2. The first-order valence-electron chi connectivity index (χ1n) is 8.11. The van der Waals surface area contributed by atoms with Crippen LogP contribution < -0.4 is 0 Å². The van der Waals surface area contributed by atoms with Gasteiger partial charge in [0.2, 0.25) is 0 Å². The third-order valence-corrected chi connectivity index (χ3v) is 4.52. The van der Waals surface area contributed by atoms with Crippen molar-refractivity contribution in [1.29, 1.82) is 0 Å². The second kappa shape index (κ2) is 6.80. The molecule has 1 heterocycles. The normalized spacial score (nSPS) is 17.6. The Morgan fingerprint density at radius 1 is 1.14 bits per heavy atom. The topological polar surface area (TPSA) is 43.8 Å². The van der Waals surface area contributed by atoms with Crippen LogP contribution in [0.25, 0.3) is 0 Å². The molecule has 2 rings (SSSR count). The van der Waals surface area contributed by atoms with Crippen LogP contribution in [0.4, 0.5) is 0 Å². The van der Waals surface area contributed by atoms with Crippen LogP contribution >= 0.6 is 0 Å². The minimum Gasteiger partial charge on any atom is -0.507 e. The van der Waals surface area contributed by atoms with Gasteiger partial charge in [0.1, 0.15) is 5.75 Å². The second-order valence-electron chi connectivity index (χ2n) is 7.15. The van der Waals surface area contributed by atoms with Gasteiger partial charge in [-0.1, -0.05) is 33.8 Å². The van der Waals surface area contributed by atoms with Gasteiger partial charge in [0.25, 0.3) is 0 Å². The summed E-state index contributed by atoms with van der Waals surface area (Å²) >= 11 is 0. The monoisotopic (exact) mass is 304 g/mol. The molecule has 122 valence electrons. The summed E-state index contributed by atoms with van der Waals surface area (Å²) in [5, 5.41) is 10.3. The molecule has 4 heteroatoms. The average Bonchev–Trinajstić information content (AvgIpc) is 2.49. The molecule has 0 atom stereocenters. The summed E-state index contributed by atoms with van der Waals surface area (Å²) in [7, 11) is 0. The molecule has 0 aliphatic carbocycles. The van der Waals surface area contributed by atoms with E-state index >= 15 is 0 Å². The van der Waals surface area contributed by atoms with Crippen molar-refractivity contribution in [1.82, 2.24) is 9.80 Å². The van der Waals surface area contributed by atoms with E-state index in [0.29, 0.717) is 12.1 Å². The van der Waals surface area contributed by atoms with Crippen molar-refractivity contribution in [2.24, 2.45) is 0 Å². The molecule has 4 nitrogen and oxygen atoms in total. The summed E-state index contributed by atoms with van der Waals surface area (Å²) in [5.41, 5.74) is 2.31. The van der Waals surface area contributed by atoms with Crippen LogP contribution in [0.3, 0.4) is 0 Å². The van der Waals surface area contributed by atoms with E-state index in [1.54, 1.807) is 6.07 Å². The molecule has 1 aliphatic rings. The van der Waals surface area contributed by atoms with Crippen molar-refractivity contribution >= 4 is 6.29 Å². The number of hydrogen-bond acceptors (Lipinski definition) is 4. The van der Waals surface area contributed by atoms with Crippen molar-refractivity contribution in [3.8, 4) is 5.75 Å². The Balaban J connectivity index is 2.21. The van der Waals surface area contributed by atoms with Gasteiger partial charge in [-0.15, -0.1) is 0 Å². The van der Waals surface area contributed by atoms with Crippen molar-refractivity contribution in [2.75, 3.05) is 32.7 Å². The van der Waals surface area contributed by atoms with Gasteiger partial charge in [0, 0.05) is 38.3 Å². The number of nitrogens with zero attached hydrogens (tertiary/aromatic N) is 2. The van der Waals surface area contributed by atoms with Crippen molar-refractivity contribution in [3.63, 3.8) is 0 Å². The molecule has 0 unspecified atom stereocenters. The lowest BCUT2D eigenvalue weighted by molar-refractivity contribution is 0.111. The summed E-state index contributed by atoms with van der Waals surface area (Å²) in [6, 6.07) is 3.86. The van der Waals surface area contributed by atoms with Crippen LogP contribution in [0.5, 0.6) is 5.75 Å². The van der Waals surface area contributed by atoms with Crippen LogP contribution in [-0.2, 0) is 12.0 Å². The molecule has 1 fully saturated rings. The van der Waals surface area contributed by atoms with E-state index in [4.69, 9.17) is 0 Å². The summed E-state index contributed by atoms with van der Waals surface area (Å²) in [6.45, 7) is 14.5. The van der Waals surface area contributed by atoms with E-state index in [0.717, 1.165) is 50.1 Å². The van der Waals surface area contributed by atoms with E-state index in [9.17, 15) is 9.90 Å². The number of aromatic hydroxyl groups is 1. The maximum absolute atomic E-state index is 11.3. The first kappa shape index (κ1) is 17.0. The fourth-order valence-corrected chi connectivity index (χ4v) is 2.87. The number of phenols is 1. The molecule has 22 heavy (non-hydrogen) atoms. The predicted molar refractivity (Wildman–Crippen MR) is 89.6 cm³/mol. The third-order valence-electron chi connectivity index (χ3n) is 4.52. The Hall–Kier alpha value is -1.39. The zero-order valence-electron chi connectivity index (χ0n) is 14.2. The minimum atomic E-state index is -0.0406. The van der Waals surface area contributed by atoms with E-state index < -0.39 is 0 Å². The third kappa shape index (κ3) is 3.87. The lowest BCUT2D eigenvalue weighted by atomic mass is 9.84. The Kier molecular flexibility index (Phi) is 5.24. The summed E-state index contributed by atoms with van der Waals surface area (Å²) in [5.74, 6) is 0.140. The molecule has 1 aromatic rings. The van der Waals surface area contributed by atoms with E-state index in [-0.39, 0.29) is 11.2 Å². The van der Waals surface area contributed by atoms with Gasteiger partial charge in [-0.05, 0) is 23.6 Å². The van der Waals surface area contributed by atoms with Crippen LogP contribution in [-0.4, -0.2) is 53.9 Å². The predicted octanol–water partition coefficient (Wildman–Crippen LogP) is 2.64. The molecule has 0 spiro atoms. The number of piperazine rings is 1. The van der Waals surface area contributed by atoms with Crippen molar-refractivity contribution in [2.45, 2.75) is 39.7 Å². The first-order chi connectivity index (χ1) is 10.3. The highest BCUT2D eigenvalue weighted by Crippen LogP contribution is 2.31. The Morgan fingerprint density at radius 3 is 2.23 bits per heavy atom. The van der Waals surface area contributed by atoms with E-state index in [1.165, 1.54) is 0 Å². The van der Waals surface area contributed by atoms with Gasteiger partial charge in [-0.2, -0.15) is 0 Å². The molecule has 0 bridgehead atoms. The molecule has 1 aliphatic heterocycles. The molecule has 1 aromatic carbocycles. The highest BCUT2D eigenvalue weighted by atomic mass is 16.3. The molecule has 0 aromatic heterocycles. The van der Waals surface area contributed by atoms with E-state index in [1.807, 2.05) is 0 Å². The van der Waals surface area contributed by atoms with Crippen LogP contribution in [0.1, 0.15) is 49.2 Å². The number of hydrogen-bond donors (Lipinski definition) is 1. The largest absolute Gasteiger partial charge is 0.507 e. The van der Waals surface area contributed by atoms with Crippen LogP contribution in [0.15, 0.2) is 12.1 Å². The Bertz CT molecular complexity index is 527. The lowest BCUT2D eigenvalue weighted by Gasteiger charge is -2.34. The summed E-state index contributed by atoms with van der Waals surface area (Å²) in [6.07, 6.45) is 0.753. The smallest absolute Gasteiger partial charge is 0.153 e. The number of phenolic OH excluding ortho intramolecular Hbond substituents is 1. The number of aldehydes is 1. The van der Waals surface area contributed by atoms with Gasteiger partial charge < -0.3 is 10.0 Å². The fraction of sp³-hybridized carbons (Fsp3) is 0.611. The summed E-state index contributed by atoms with van der Waals surface area (Å²) in [4.78, 5) is 16.0. The fourth-order valence-electron chi connectivity index (χ4n) is 2.87. The molecule has 0 amide bonds. The number of carbonyl (C=O) groups is 1. The van der Waals surface area contributed by atoms with Gasteiger partial charge in [-0.25, -0.2) is 0 Å². The highest BCUT2D eigenvalue weighted by Gasteiger charge is 2.21. The highest BCUT2D eigenvalue weighted by molar-refractivity contribution is 5.80. The second-order valence-corrected chi connectivity index (χ2v) is 7.15. The zero-order chi connectivity index (χ0) is 16.3. The number of likely N-dealkylation sites (N-methyl/N-ethyl adjacent to an activating group) is 1. The SMILES string of the molecule is CCN1CCN(Cc2cc(C(C)(C)C)cc(C=O)c2O)CC1. The standard InChI is InChI=1S/C18H28N2O2/c1-5-19-6-8-20(9-7-19)12-14-10-16(18(2,3)4)11-15(13-21)17(14)22/h10-11,13,22H,5-9,12H2,1-4H3. The van der Waals surface area contributed by atoms with Crippen molar-refractivity contribution < 1.29 is 9.90 Å². The van der Waals surface area contributed by atoms with Gasteiger partial charge in [0.05, 0.1) is 5.56 Å². The maximum atomic E-state index is 11.3. The quantitative estimate of drug-likeness (QED) is 0.869. The molecule has 1 N–H and O–H groups in total.